The molecule has 150 valence electrons. The van der Waals surface area contributed by atoms with Crippen LogP contribution in [-0.4, -0.2) is 0 Å². The van der Waals surface area contributed by atoms with E-state index in [1.807, 2.05) is 0 Å². The number of hydrogen-bond acceptors (Lipinski definition) is 0. The molecule has 0 saturated carbocycles. The maximum Gasteiger partial charge on any atom is -0.0276 e. The van der Waals surface area contributed by atoms with Crippen LogP contribution in [0.25, 0.3) is 0 Å². The van der Waals surface area contributed by atoms with Gasteiger partial charge >= 0.3 is 0 Å². The highest BCUT2D eigenvalue weighted by molar-refractivity contribution is 5.27. The average molecular weight is 359 g/mol. The molecule has 0 amide bonds. The fourth-order valence-electron chi connectivity index (χ4n) is 3.89. The second kappa shape index (κ2) is 16.4. The molecule has 26 heavy (non-hydrogen) atoms. The van der Waals surface area contributed by atoms with Gasteiger partial charge in [-0.1, -0.05) is 122 Å². The predicted molar refractivity (Wildman–Crippen MR) is 119 cm³/mol. The first-order valence-electron chi connectivity index (χ1n) is 11.8. The Morgan fingerprint density at radius 1 is 0.577 bits per heavy atom. The van der Waals surface area contributed by atoms with Crippen LogP contribution in [0.1, 0.15) is 122 Å². The number of benzene rings is 1. The van der Waals surface area contributed by atoms with Crippen molar-refractivity contribution >= 4 is 0 Å². The minimum atomic E-state index is 0.881. The lowest BCUT2D eigenvalue weighted by Gasteiger charge is -2.10. The van der Waals surface area contributed by atoms with Crippen molar-refractivity contribution < 1.29 is 0 Å². The van der Waals surface area contributed by atoms with Gasteiger partial charge in [0.1, 0.15) is 0 Å². The van der Waals surface area contributed by atoms with Crippen LogP contribution in [0.4, 0.5) is 0 Å². The molecule has 0 aliphatic carbocycles. The van der Waals surface area contributed by atoms with Crippen molar-refractivity contribution in [2.75, 3.05) is 0 Å². The zero-order chi connectivity index (χ0) is 18.9. The van der Waals surface area contributed by atoms with Crippen LogP contribution in [0, 0.1) is 5.92 Å². The first-order chi connectivity index (χ1) is 12.7. The molecule has 0 fully saturated rings. The standard InChI is InChI=1S/C26H46/c1-4-5-6-7-12-15-20-25-22-17-18-23-26(25)21-16-13-10-8-9-11-14-19-24(2)3/h17-18,22-24H,4-16,19-21H2,1-3H3. The Labute approximate surface area is 165 Å². The minimum absolute atomic E-state index is 0.881. The van der Waals surface area contributed by atoms with Gasteiger partial charge < -0.3 is 0 Å². The maximum atomic E-state index is 2.37. The molecule has 0 bridgehead atoms. The van der Waals surface area contributed by atoms with Gasteiger partial charge in [-0.15, -0.1) is 0 Å². The Kier molecular flexibility index (Phi) is 14.7. The number of unbranched alkanes of at least 4 members (excludes halogenated alkanes) is 11. The van der Waals surface area contributed by atoms with E-state index in [-0.39, 0.29) is 0 Å². The van der Waals surface area contributed by atoms with Gasteiger partial charge in [-0.3, -0.25) is 0 Å². The first-order valence-corrected chi connectivity index (χ1v) is 11.8. The maximum absolute atomic E-state index is 2.37. The van der Waals surface area contributed by atoms with Gasteiger partial charge in [-0.25, -0.2) is 0 Å². The van der Waals surface area contributed by atoms with Crippen molar-refractivity contribution in [3.63, 3.8) is 0 Å². The van der Waals surface area contributed by atoms with E-state index in [0.717, 1.165) is 5.92 Å². The highest BCUT2D eigenvalue weighted by atomic mass is 14.1. The van der Waals surface area contributed by atoms with E-state index >= 15 is 0 Å². The Morgan fingerprint density at radius 3 is 1.46 bits per heavy atom. The molecule has 0 aliphatic heterocycles. The molecule has 0 aromatic heterocycles. The third kappa shape index (κ3) is 12.6. The van der Waals surface area contributed by atoms with Crippen LogP contribution in [0.5, 0.6) is 0 Å². The third-order valence-electron chi connectivity index (χ3n) is 5.65. The van der Waals surface area contributed by atoms with Crippen molar-refractivity contribution in [1.29, 1.82) is 0 Å². The summed E-state index contributed by atoms with van der Waals surface area (Å²) >= 11 is 0. The molecule has 0 radical (unpaired) electrons. The fourth-order valence-corrected chi connectivity index (χ4v) is 3.89. The highest BCUT2D eigenvalue weighted by Crippen LogP contribution is 2.18. The summed E-state index contributed by atoms with van der Waals surface area (Å²) in [6.45, 7) is 6.97. The smallest absolute Gasteiger partial charge is 0.0276 e. The van der Waals surface area contributed by atoms with Crippen LogP contribution in [0.2, 0.25) is 0 Å². The summed E-state index contributed by atoms with van der Waals surface area (Å²) in [6.07, 6.45) is 22.4. The Morgan fingerprint density at radius 2 is 1.00 bits per heavy atom. The molecule has 1 aromatic carbocycles. The van der Waals surface area contributed by atoms with Gasteiger partial charge in [0.05, 0.1) is 0 Å². The molecule has 0 heterocycles. The van der Waals surface area contributed by atoms with Crippen LogP contribution in [0.3, 0.4) is 0 Å². The SMILES string of the molecule is CCCCCCCCc1ccccc1CCCCCCCCCC(C)C. The zero-order valence-corrected chi connectivity index (χ0v) is 18.2. The fraction of sp³-hybridized carbons (Fsp3) is 0.769. The number of aryl methyl sites for hydroxylation is 2. The summed E-state index contributed by atoms with van der Waals surface area (Å²) < 4.78 is 0. The topological polar surface area (TPSA) is 0 Å². The van der Waals surface area contributed by atoms with E-state index in [0.29, 0.717) is 0 Å². The lowest BCUT2D eigenvalue weighted by atomic mass is 9.96. The number of hydrogen-bond donors (Lipinski definition) is 0. The van der Waals surface area contributed by atoms with Crippen molar-refractivity contribution in [2.24, 2.45) is 5.92 Å². The molecule has 0 spiro atoms. The van der Waals surface area contributed by atoms with Crippen molar-refractivity contribution in [1.82, 2.24) is 0 Å². The highest BCUT2D eigenvalue weighted by Gasteiger charge is 2.02. The molecular formula is C26H46. The lowest BCUT2D eigenvalue weighted by molar-refractivity contribution is 0.509. The molecule has 0 nitrogen and oxygen atoms in total. The molecule has 1 aromatic rings. The van der Waals surface area contributed by atoms with Crippen molar-refractivity contribution in [3.8, 4) is 0 Å². The van der Waals surface area contributed by atoms with Gasteiger partial charge in [0.25, 0.3) is 0 Å². The minimum Gasteiger partial charge on any atom is -0.0654 e. The van der Waals surface area contributed by atoms with Gasteiger partial charge in [-0.2, -0.15) is 0 Å². The van der Waals surface area contributed by atoms with Gasteiger partial charge in [0.15, 0.2) is 0 Å². The van der Waals surface area contributed by atoms with E-state index in [9.17, 15) is 0 Å². The predicted octanol–water partition coefficient (Wildman–Crippen LogP) is 8.91. The van der Waals surface area contributed by atoms with E-state index in [1.54, 1.807) is 11.1 Å². The van der Waals surface area contributed by atoms with Crippen LogP contribution in [-0.2, 0) is 12.8 Å². The van der Waals surface area contributed by atoms with E-state index < -0.39 is 0 Å². The normalized spacial score (nSPS) is 11.4. The summed E-state index contributed by atoms with van der Waals surface area (Å²) in [4.78, 5) is 0. The lowest BCUT2D eigenvalue weighted by Crippen LogP contribution is -1.95. The van der Waals surface area contributed by atoms with Gasteiger partial charge in [0.2, 0.25) is 0 Å². The quantitative estimate of drug-likeness (QED) is 0.244. The monoisotopic (exact) mass is 358 g/mol. The second-order valence-corrected chi connectivity index (χ2v) is 8.69. The Hall–Kier alpha value is -0.780. The summed E-state index contributed by atoms with van der Waals surface area (Å²) in [7, 11) is 0. The van der Waals surface area contributed by atoms with Gasteiger partial charge in [0, 0.05) is 0 Å². The average Bonchev–Trinajstić information content (AvgIpc) is 2.64. The van der Waals surface area contributed by atoms with E-state index in [1.165, 1.54) is 103 Å². The van der Waals surface area contributed by atoms with E-state index in [2.05, 4.69) is 45.0 Å². The summed E-state index contributed by atoms with van der Waals surface area (Å²) in [5.74, 6) is 0.881. The molecule has 0 N–H and O–H groups in total. The molecule has 0 aliphatic rings. The molecule has 1 rings (SSSR count). The molecular weight excluding hydrogens is 312 g/mol. The first kappa shape index (κ1) is 23.3. The van der Waals surface area contributed by atoms with Crippen LogP contribution in [0.15, 0.2) is 24.3 Å². The Balaban J connectivity index is 2.09. The largest absolute Gasteiger partial charge is 0.0654 e. The summed E-state index contributed by atoms with van der Waals surface area (Å²) in [6, 6.07) is 9.20. The third-order valence-corrected chi connectivity index (χ3v) is 5.65. The summed E-state index contributed by atoms with van der Waals surface area (Å²) in [5, 5.41) is 0. The Bertz CT molecular complexity index is 418. The second-order valence-electron chi connectivity index (χ2n) is 8.69. The summed E-state index contributed by atoms with van der Waals surface area (Å²) in [5.41, 5.74) is 3.25. The molecule has 0 saturated heterocycles. The van der Waals surface area contributed by atoms with E-state index in [4.69, 9.17) is 0 Å². The molecule has 0 atom stereocenters. The molecule has 0 unspecified atom stereocenters. The van der Waals surface area contributed by atoms with Gasteiger partial charge in [-0.05, 0) is 42.7 Å². The molecule has 0 heteroatoms. The van der Waals surface area contributed by atoms with Crippen molar-refractivity contribution in [3.05, 3.63) is 35.4 Å². The zero-order valence-electron chi connectivity index (χ0n) is 18.2. The van der Waals surface area contributed by atoms with Crippen molar-refractivity contribution in [2.45, 2.75) is 124 Å². The number of rotatable bonds is 17. The van der Waals surface area contributed by atoms with Crippen LogP contribution >= 0.6 is 0 Å². The van der Waals surface area contributed by atoms with Crippen LogP contribution < -0.4 is 0 Å².